The first kappa shape index (κ1) is 15.8. The fraction of sp³-hybridized carbons (Fsp3) is 0.556. The Morgan fingerprint density at radius 2 is 2.13 bits per heavy atom. The average Bonchev–Trinajstić information content (AvgIpc) is 2.91. The van der Waals surface area contributed by atoms with Gasteiger partial charge in [0, 0.05) is 38.3 Å². The molecule has 1 aromatic carbocycles. The molecular weight excluding hydrogens is 290 g/mol. The highest BCUT2D eigenvalue weighted by Crippen LogP contribution is 2.30. The molecule has 3 rings (SSSR count). The number of aryl methyl sites for hydroxylation is 1. The van der Waals surface area contributed by atoms with E-state index in [1.165, 1.54) is 23.7 Å². The lowest BCUT2D eigenvalue weighted by atomic mass is 10.1. The highest BCUT2D eigenvalue weighted by Gasteiger charge is 2.27. The number of nitrogens with zero attached hydrogens (tertiary/aromatic N) is 2. The molecule has 2 heterocycles. The summed E-state index contributed by atoms with van der Waals surface area (Å²) >= 11 is 0. The largest absolute Gasteiger partial charge is 0.362 e. The van der Waals surface area contributed by atoms with Crippen molar-refractivity contribution in [3.8, 4) is 0 Å². The summed E-state index contributed by atoms with van der Waals surface area (Å²) in [5.74, 6) is 0.141. The molecule has 1 unspecified atom stereocenters. The van der Waals surface area contributed by atoms with Crippen LogP contribution in [0.2, 0.25) is 0 Å². The zero-order chi connectivity index (χ0) is 16.4. The molecule has 0 spiro atoms. The fourth-order valence-electron chi connectivity index (χ4n) is 3.71. The summed E-state index contributed by atoms with van der Waals surface area (Å²) in [4.78, 5) is 28.0. The van der Waals surface area contributed by atoms with Crippen LogP contribution in [0.3, 0.4) is 0 Å². The van der Waals surface area contributed by atoms with Gasteiger partial charge >= 0.3 is 0 Å². The highest BCUT2D eigenvalue weighted by atomic mass is 16.2. The SMILES string of the molecule is CC(=O)NC1CCCN(C(=O)CN2CCc3c(C)cccc32)C1. The Morgan fingerprint density at radius 3 is 2.91 bits per heavy atom. The molecule has 1 atom stereocenters. The topological polar surface area (TPSA) is 52.7 Å². The van der Waals surface area contributed by atoms with Gasteiger partial charge in [0.25, 0.3) is 0 Å². The lowest BCUT2D eigenvalue weighted by Crippen LogP contribution is -2.51. The van der Waals surface area contributed by atoms with Crippen molar-refractivity contribution in [2.45, 2.75) is 39.2 Å². The number of benzene rings is 1. The molecule has 5 nitrogen and oxygen atoms in total. The van der Waals surface area contributed by atoms with E-state index in [2.05, 4.69) is 35.3 Å². The van der Waals surface area contributed by atoms with E-state index in [1.807, 2.05) is 4.90 Å². The Balaban J connectivity index is 1.62. The maximum absolute atomic E-state index is 12.7. The van der Waals surface area contributed by atoms with Gasteiger partial charge in [-0.25, -0.2) is 0 Å². The number of rotatable bonds is 3. The van der Waals surface area contributed by atoms with Crippen LogP contribution in [-0.2, 0) is 16.0 Å². The van der Waals surface area contributed by atoms with E-state index in [4.69, 9.17) is 0 Å². The van der Waals surface area contributed by atoms with Crippen LogP contribution < -0.4 is 10.2 Å². The third-order valence-corrected chi connectivity index (χ3v) is 4.87. The second kappa shape index (κ2) is 6.60. The minimum atomic E-state index is -0.0201. The van der Waals surface area contributed by atoms with Crippen molar-refractivity contribution in [3.05, 3.63) is 29.3 Å². The van der Waals surface area contributed by atoms with Crippen molar-refractivity contribution in [1.82, 2.24) is 10.2 Å². The zero-order valence-electron chi connectivity index (χ0n) is 14.0. The van der Waals surface area contributed by atoms with E-state index in [0.29, 0.717) is 13.1 Å². The van der Waals surface area contributed by atoms with Gasteiger partial charge in [0.05, 0.1) is 6.54 Å². The molecule has 1 fully saturated rings. The number of piperidine rings is 1. The standard InChI is InChI=1S/C18H25N3O2/c1-13-5-3-7-17-16(13)8-10-20(17)12-18(23)21-9-4-6-15(11-21)19-14(2)22/h3,5,7,15H,4,6,8-12H2,1-2H3,(H,19,22). The van der Waals surface area contributed by atoms with Crippen LogP contribution in [0.5, 0.6) is 0 Å². The van der Waals surface area contributed by atoms with Gasteiger partial charge in [-0.15, -0.1) is 0 Å². The maximum atomic E-state index is 12.7. The summed E-state index contributed by atoms with van der Waals surface area (Å²) in [6.07, 6.45) is 2.92. The van der Waals surface area contributed by atoms with Crippen LogP contribution in [0, 0.1) is 6.92 Å². The summed E-state index contributed by atoms with van der Waals surface area (Å²) in [5, 5.41) is 2.94. The number of hydrogen-bond acceptors (Lipinski definition) is 3. The van der Waals surface area contributed by atoms with Gasteiger partial charge in [-0.2, -0.15) is 0 Å². The van der Waals surface area contributed by atoms with Crippen LogP contribution in [0.15, 0.2) is 18.2 Å². The molecule has 0 bridgehead atoms. The predicted octanol–water partition coefficient (Wildman–Crippen LogP) is 1.48. The van der Waals surface area contributed by atoms with Crippen LogP contribution >= 0.6 is 0 Å². The Hall–Kier alpha value is -2.04. The van der Waals surface area contributed by atoms with Gasteiger partial charge in [-0.1, -0.05) is 12.1 Å². The number of fused-ring (bicyclic) bond motifs is 1. The van der Waals surface area contributed by atoms with Crippen molar-refractivity contribution < 1.29 is 9.59 Å². The first-order valence-electron chi connectivity index (χ1n) is 8.43. The molecule has 2 aliphatic heterocycles. The maximum Gasteiger partial charge on any atom is 0.242 e. The molecule has 2 aliphatic rings. The van der Waals surface area contributed by atoms with E-state index in [0.717, 1.165) is 32.4 Å². The summed E-state index contributed by atoms with van der Waals surface area (Å²) in [5.41, 5.74) is 3.88. The van der Waals surface area contributed by atoms with Gasteiger partial charge < -0.3 is 15.1 Å². The fourth-order valence-corrected chi connectivity index (χ4v) is 3.71. The van der Waals surface area contributed by atoms with Gasteiger partial charge in [0.1, 0.15) is 0 Å². The monoisotopic (exact) mass is 315 g/mol. The second-order valence-corrected chi connectivity index (χ2v) is 6.62. The average molecular weight is 315 g/mol. The van der Waals surface area contributed by atoms with Gasteiger partial charge in [0.15, 0.2) is 0 Å². The number of carbonyl (C=O) groups excluding carboxylic acids is 2. The summed E-state index contributed by atoms with van der Waals surface area (Å²) < 4.78 is 0. The summed E-state index contributed by atoms with van der Waals surface area (Å²) in [6, 6.07) is 6.40. The summed E-state index contributed by atoms with van der Waals surface area (Å²) in [7, 11) is 0. The number of carbonyl (C=O) groups is 2. The van der Waals surface area contributed by atoms with Crippen LogP contribution in [0.1, 0.15) is 30.9 Å². The molecule has 2 amide bonds. The first-order chi connectivity index (χ1) is 11.0. The Labute approximate surface area is 137 Å². The third-order valence-electron chi connectivity index (χ3n) is 4.87. The molecule has 23 heavy (non-hydrogen) atoms. The third kappa shape index (κ3) is 3.49. The van der Waals surface area contributed by atoms with E-state index in [-0.39, 0.29) is 17.9 Å². The number of likely N-dealkylation sites (tertiary alicyclic amines) is 1. The number of amides is 2. The number of hydrogen-bond donors (Lipinski definition) is 1. The molecule has 1 aromatic rings. The predicted molar refractivity (Wildman–Crippen MR) is 90.5 cm³/mol. The Morgan fingerprint density at radius 1 is 1.30 bits per heavy atom. The molecule has 0 aliphatic carbocycles. The normalized spacial score (nSPS) is 20.3. The highest BCUT2D eigenvalue weighted by molar-refractivity contribution is 5.83. The molecule has 0 aromatic heterocycles. The van der Waals surface area contributed by atoms with Gasteiger partial charge in [0.2, 0.25) is 11.8 Å². The molecular formula is C18H25N3O2. The smallest absolute Gasteiger partial charge is 0.242 e. The van der Waals surface area contributed by atoms with Crippen LogP contribution in [0.25, 0.3) is 0 Å². The van der Waals surface area contributed by atoms with Crippen molar-refractivity contribution in [1.29, 1.82) is 0 Å². The molecule has 1 saturated heterocycles. The molecule has 124 valence electrons. The molecule has 0 radical (unpaired) electrons. The van der Waals surface area contributed by atoms with Crippen LogP contribution in [-0.4, -0.2) is 48.9 Å². The Kier molecular flexibility index (Phi) is 4.55. The van der Waals surface area contributed by atoms with E-state index in [1.54, 1.807) is 0 Å². The summed E-state index contributed by atoms with van der Waals surface area (Å²) in [6.45, 7) is 6.44. The first-order valence-corrected chi connectivity index (χ1v) is 8.43. The minimum Gasteiger partial charge on any atom is -0.362 e. The van der Waals surface area contributed by atoms with Crippen molar-refractivity contribution >= 4 is 17.5 Å². The quantitative estimate of drug-likeness (QED) is 0.919. The zero-order valence-corrected chi connectivity index (χ0v) is 14.0. The van der Waals surface area contributed by atoms with E-state index in [9.17, 15) is 9.59 Å². The number of nitrogens with one attached hydrogen (secondary N) is 1. The molecule has 1 N–H and O–H groups in total. The second-order valence-electron chi connectivity index (χ2n) is 6.62. The lowest BCUT2D eigenvalue weighted by molar-refractivity contribution is -0.132. The lowest BCUT2D eigenvalue weighted by Gasteiger charge is -2.34. The van der Waals surface area contributed by atoms with Gasteiger partial charge in [-0.3, -0.25) is 9.59 Å². The Bertz CT molecular complexity index is 614. The minimum absolute atomic E-state index is 0.0201. The molecule has 5 heteroatoms. The van der Waals surface area contributed by atoms with Crippen molar-refractivity contribution in [2.24, 2.45) is 0 Å². The van der Waals surface area contributed by atoms with E-state index < -0.39 is 0 Å². The van der Waals surface area contributed by atoms with Gasteiger partial charge in [-0.05, 0) is 43.4 Å². The van der Waals surface area contributed by atoms with Crippen LogP contribution in [0.4, 0.5) is 5.69 Å². The van der Waals surface area contributed by atoms with Crippen molar-refractivity contribution in [2.75, 3.05) is 31.1 Å². The van der Waals surface area contributed by atoms with E-state index >= 15 is 0 Å². The molecule has 0 saturated carbocycles. The van der Waals surface area contributed by atoms with Crippen molar-refractivity contribution in [3.63, 3.8) is 0 Å². The number of anilines is 1.